The van der Waals surface area contributed by atoms with E-state index >= 15 is 0 Å². The molecule has 2 fully saturated rings. The Hall–Kier alpha value is -0.290. The van der Waals surface area contributed by atoms with Crippen LogP contribution in [0.1, 0.15) is 26.7 Å². The predicted molar refractivity (Wildman–Crippen MR) is 84.3 cm³/mol. The summed E-state index contributed by atoms with van der Waals surface area (Å²) in [7, 11) is 0. The lowest BCUT2D eigenvalue weighted by Gasteiger charge is -2.34. The van der Waals surface area contributed by atoms with E-state index < -0.39 is 0 Å². The monoisotopic (exact) mass is 356 g/mol. The van der Waals surface area contributed by atoms with E-state index in [-0.39, 0.29) is 5.41 Å². The van der Waals surface area contributed by atoms with Crippen LogP contribution in [0.2, 0.25) is 0 Å². The lowest BCUT2D eigenvalue weighted by molar-refractivity contribution is 0.265. The average molecular weight is 356 g/mol. The number of nitrogens with one attached hydrogen (secondary N) is 1. The quantitative estimate of drug-likeness (QED) is 0.529. The standard InChI is InChI=1S/C15H21IN2/c1-14(2)5-3-4-12-13(10-14)18(16)11-15(12)6-8-17-9-7-15/h3-5,10,17H,6-9,11H2,1-2H3. The third-order valence-electron chi connectivity index (χ3n) is 4.41. The summed E-state index contributed by atoms with van der Waals surface area (Å²) in [6.07, 6.45) is 11.9. The van der Waals surface area contributed by atoms with E-state index in [4.69, 9.17) is 0 Å². The minimum absolute atomic E-state index is 0.162. The van der Waals surface area contributed by atoms with E-state index in [9.17, 15) is 0 Å². The first kappa shape index (κ1) is 12.7. The number of piperidine rings is 1. The molecule has 2 saturated heterocycles. The summed E-state index contributed by atoms with van der Waals surface area (Å²) in [6.45, 7) is 8.05. The van der Waals surface area contributed by atoms with Crippen LogP contribution in [0.15, 0.2) is 35.6 Å². The van der Waals surface area contributed by atoms with Gasteiger partial charge in [-0.2, -0.15) is 0 Å². The number of hydrogen-bond donors (Lipinski definition) is 1. The summed E-state index contributed by atoms with van der Waals surface area (Å²) in [5, 5.41) is 3.49. The Morgan fingerprint density at radius 2 is 2.00 bits per heavy atom. The molecule has 0 saturated carbocycles. The molecule has 0 bridgehead atoms. The first-order valence-corrected chi connectivity index (χ1v) is 7.76. The molecule has 1 N–H and O–H groups in total. The maximum Gasteiger partial charge on any atom is 0.0591 e. The number of allylic oxidation sites excluding steroid dienone is 5. The molecular formula is C15H21IN2. The maximum absolute atomic E-state index is 3.49. The maximum atomic E-state index is 3.49. The zero-order chi connectivity index (χ0) is 12.8. The van der Waals surface area contributed by atoms with Gasteiger partial charge in [-0.1, -0.05) is 38.2 Å². The number of nitrogens with zero attached hydrogens (tertiary/aromatic N) is 1. The van der Waals surface area contributed by atoms with Crippen LogP contribution < -0.4 is 5.32 Å². The first-order chi connectivity index (χ1) is 8.53. The third kappa shape index (κ3) is 2.05. The molecule has 0 amide bonds. The summed E-state index contributed by atoms with van der Waals surface area (Å²) in [5.74, 6) is 0. The highest BCUT2D eigenvalue weighted by atomic mass is 127. The Balaban J connectivity index is 2.04. The van der Waals surface area contributed by atoms with Gasteiger partial charge in [0, 0.05) is 23.1 Å². The van der Waals surface area contributed by atoms with Gasteiger partial charge < -0.3 is 8.43 Å². The second kappa shape index (κ2) is 4.37. The van der Waals surface area contributed by atoms with E-state index in [1.54, 1.807) is 5.57 Å². The molecular weight excluding hydrogens is 335 g/mol. The Labute approximate surface area is 124 Å². The largest absolute Gasteiger partial charge is 0.317 e. The molecule has 0 unspecified atom stereocenters. The van der Waals surface area contributed by atoms with Gasteiger partial charge in [0.25, 0.3) is 0 Å². The molecule has 98 valence electrons. The van der Waals surface area contributed by atoms with Crippen molar-refractivity contribution in [1.82, 2.24) is 8.43 Å². The van der Waals surface area contributed by atoms with Gasteiger partial charge in [0.2, 0.25) is 0 Å². The fraction of sp³-hybridized carbons (Fsp3) is 0.600. The van der Waals surface area contributed by atoms with Crippen LogP contribution in [0.5, 0.6) is 0 Å². The first-order valence-electron chi connectivity index (χ1n) is 6.80. The minimum Gasteiger partial charge on any atom is -0.317 e. The molecule has 0 aromatic rings. The number of fused-ring (bicyclic) bond motifs is 2. The number of hydrogen-bond acceptors (Lipinski definition) is 2. The summed E-state index contributed by atoms with van der Waals surface area (Å²) in [6, 6.07) is 0. The highest BCUT2D eigenvalue weighted by Gasteiger charge is 2.45. The van der Waals surface area contributed by atoms with Crippen LogP contribution in [0.3, 0.4) is 0 Å². The minimum atomic E-state index is 0.162. The van der Waals surface area contributed by atoms with E-state index in [1.807, 2.05) is 0 Å². The lowest BCUT2D eigenvalue weighted by atomic mass is 9.74. The molecule has 2 aliphatic heterocycles. The fourth-order valence-corrected chi connectivity index (χ4v) is 4.43. The Morgan fingerprint density at radius 3 is 2.72 bits per heavy atom. The molecule has 0 atom stereocenters. The van der Waals surface area contributed by atoms with Crippen LogP contribution in [0, 0.1) is 10.8 Å². The van der Waals surface area contributed by atoms with Gasteiger partial charge >= 0.3 is 0 Å². The molecule has 1 spiro atoms. The van der Waals surface area contributed by atoms with Crippen molar-refractivity contribution in [2.75, 3.05) is 19.6 Å². The van der Waals surface area contributed by atoms with Crippen LogP contribution in [-0.4, -0.2) is 22.7 Å². The fourth-order valence-electron chi connectivity index (χ4n) is 3.37. The SMILES string of the molecule is CC1(C)C=CC=C2C(=C1)N(I)CC21CCNCC1. The van der Waals surface area contributed by atoms with Crippen molar-refractivity contribution >= 4 is 22.9 Å². The van der Waals surface area contributed by atoms with Gasteiger partial charge in [-0.25, -0.2) is 0 Å². The highest BCUT2D eigenvalue weighted by molar-refractivity contribution is 14.1. The summed E-state index contributed by atoms with van der Waals surface area (Å²) < 4.78 is 2.43. The predicted octanol–water partition coefficient (Wildman–Crippen LogP) is 3.43. The van der Waals surface area contributed by atoms with Gasteiger partial charge in [-0.3, -0.25) is 0 Å². The molecule has 0 aromatic heterocycles. The lowest BCUT2D eigenvalue weighted by Crippen LogP contribution is -2.38. The highest BCUT2D eigenvalue weighted by Crippen LogP contribution is 2.51. The van der Waals surface area contributed by atoms with Crippen LogP contribution in [0.4, 0.5) is 0 Å². The zero-order valence-electron chi connectivity index (χ0n) is 11.2. The average Bonchev–Trinajstić information content (AvgIpc) is 2.48. The van der Waals surface area contributed by atoms with E-state index in [0.717, 1.165) is 13.1 Å². The van der Waals surface area contributed by atoms with Crippen molar-refractivity contribution in [2.45, 2.75) is 26.7 Å². The number of rotatable bonds is 0. The van der Waals surface area contributed by atoms with Gasteiger partial charge in [-0.15, -0.1) is 0 Å². The second-order valence-corrected chi connectivity index (χ2v) is 7.51. The van der Waals surface area contributed by atoms with E-state index in [2.05, 4.69) is 69.4 Å². The topological polar surface area (TPSA) is 15.3 Å². The van der Waals surface area contributed by atoms with Gasteiger partial charge in [0.15, 0.2) is 0 Å². The summed E-state index contributed by atoms with van der Waals surface area (Å²) >= 11 is 2.49. The number of halogens is 1. The normalized spacial score (nSPS) is 28.7. The second-order valence-electron chi connectivity index (χ2n) is 6.34. The molecule has 3 heteroatoms. The van der Waals surface area contributed by atoms with E-state index in [0.29, 0.717) is 5.41 Å². The molecule has 2 nitrogen and oxygen atoms in total. The molecule has 0 radical (unpaired) electrons. The molecule has 0 aromatic carbocycles. The van der Waals surface area contributed by atoms with Gasteiger partial charge in [-0.05, 0) is 31.5 Å². The van der Waals surface area contributed by atoms with Crippen molar-refractivity contribution in [2.24, 2.45) is 10.8 Å². The van der Waals surface area contributed by atoms with Gasteiger partial charge in [0.1, 0.15) is 0 Å². The molecule has 3 rings (SSSR count). The smallest absolute Gasteiger partial charge is 0.0591 e. The molecule has 1 aliphatic carbocycles. The van der Waals surface area contributed by atoms with Crippen molar-refractivity contribution in [1.29, 1.82) is 0 Å². The van der Waals surface area contributed by atoms with Gasteiger partial charge in [0.05, 0.1) is 22.9 Å². The van der Waals surface area contributed by atoms with Crippen molar-refractivity contribution in [3.63, 3.8) is 0 Å². The van der Waals surface area contributed by atoms with Crippen LogP contribution in [0.25, 0.3) is 0 Å². The summed E-state index contributed by atoms with van der Waals surface area (Å²) in [4.78, 5) is 0. The van der Waals surface area contributed by atoms with E-state index in [1.165, 1.54) is 25.1 Å². The molecule has 2 heterocycles. The summed E-state index contributed by atoms with van der Waals surface area (Å²) in [5.41, 5.74) is 3.58. The Morgan fingerprint density at radius 1 is 1.28 bits per heavy atom. The van der Waals surface area contributed by atoms with Crippen molar-refractivity contribution < 1.29 is 0 Å². The Bertz CT molecular complexity index is 439. The Kier molecular flexibility index (Phi) is 3.09. The van der Waals surface area contributed by atoms with Crippen molar-refractivity contribution in [3.05, 3.63) is 35.6 Å². The zero-order valence-corrected chi connectivity index (χ0v) is 13.3. The van der Waals surface area contributed by atoms with Crippen LogP contribution >= 0.6 is 22.9 Å². The molecule has 18 heavy (non-hydrogen) atoms. The third-order valence-corrected chi connectivity index (χ3v) is 5.27. The molecule has 3 aliphatic rings. The van der Waals surface area contributed by atoms with Crippen molar-refractivity contribution in [3.8, 4) is 0 Å². The van der Waals surface area contributed by atoms with Crippen LogP contribution in [-0.2, 0) is 0 Å².